The van der Waals surface area contributed by atoms with Gasteiger partial charge in [0, 0.05) is 19.6 Å². The second kappa shape index (κ2) is 11.9. The van der Waals surface area contributed by atoms with Crippen molar-refractivity contribution in [3.63, 3.8) is 0 Å². The van der Waals surface area contributed by atoms with E-state index < -0.39 is 34.3 Å². The van der Waals surface area contributed by atoms with Gasteiger partial charge in [0.05, 0.1) is 12.8 Å². The van der Waals surface area contributed by atoms with Crippen LogP contribution in [0.5, 0.6) is 0 Å². The Bertz CT molecular complexity index is 1030. The summed E-state index contributed by atoms with van der Waals surface area (Å²) < 4.78 is 39.2. The third kappa shape index (κ3) is 8.58. The molecule has 0 unspecified atom stereocenters. The Morgan fingerprint density at radius 1 is 0.939 bits per heavy atom. The summed E-state index contributed by atoms with van der Waals surface area (Å²) in [6.07, 6.45) is 1.05. The van der Waals surface area contributed by atoms with Gasteiger partial charge >= 0.3 is 0 Å². The van der Waals surface area contributed by atoms with Crippen molar-refractivity contribution in [1.82, 2.24) is 14.5 Å². The molecule has 1 atom stereocenters. The third-order valence-electron chi connectivity index (χ3n) is 5.10. The monoisotopic (exact) mass is 477 g/mol. The molecule has 9 heteroatoms. The fourth-order valence-corrected chi connectivity index (χ4v) is 3.87. The summed E-state index contributed by atoms with van der Waals surface area (Å²) in [6, 6.07) is 13.7. The quantitative estimate of drug-likeness (QED) is 0.539. The molecule has 0 aliphatic rings. The number of sulfonamides is 1. The summed E-state index contributed by atoms with van der Waals surface area (Å²) >= 11 is 0. The van der Waals surface area contributed by atoms with Crippen LogP contribution < -0.4 is 5.32 Å². The van der Waals surface area contributed by atoms with Crippen LogP contribution in [-0.4, -0.2) is 54.8 Å². The number of nitrogens with one attached hydrogen (secondary N) is 1. The Balaban J connectivity index is 2.27. The second-order valence-electron chi connectivity index (χ2n) is 8.48. The van der Waals surface area contributed by atoms with E-state index in [0.717, 1.165) is 16.1 Å². The highest BCUT2D eigenvalue weighted by Crippen LogP contribution is 2.14. The minimum Gasteiger partial charge on any atom is -0.354 e. The molecule has 0 radical (unpaired) electrons. The minimum atomic E-state index is -3.70. The lowest BCUT2D eigenvalue weighted by Crippen LogP contribution is -2.51. The fourth-order valence-electron chi connectivity index (χ4n) is 3.14. The first-order valence-corrected chi connectivity index (χ1v) is 12.6. The summed E-state index contributed by atoms with van der Waals surface area (Å²) in [4.78, 5) is 27.4. The van der Waals surface area contributed by atoms with Crippen LogP contribution in [-0.2, 0) is 32.7 Å². The number of amides is 2. The normalized spacial score (nSPS) is 12.6. The van der Waals surface area contributed by atoms with E-state index in [9.17, 15) is 22.4 Å². The van der Waals surface area contributed by atoms with E-state index in [1.165, 1.54) is 29.2 Å². The maximum atomic E-state index is 13.3. The molecule has 0 aliphatic carbocycles. The van der Waals surface area contributed by atoms with Gasteiger partial charge in [-0.05, 0) is 36.1 Å². The Morgan fingerprint density at radius 2 is 1.52 bits per heavy atom. The van der Waals surface area contributed by atoms with Crippen molar-refractivity contribution >= 4 is 21.8 Å². The molecule has 0 saturated carbocycles. The van der Waals surface area contributed by atoms with Crippen LogP contribution in [0.15, 0.2) is 54.6 Å². The highest BCUT2D eigenvalue weighted by atomic mass is 32.2. The second-order valence-corrected chi connectivity index (χ2v) is 10.5. The van der Waals surface area contributed by atoms with Gasteiger partial charge in [0.15, 0.2) is 0 Å². The number of carbonyl (C=O) groups is 2. The van der Waals surface area contributed by atoms with Crippen LogP contribution in [0.1, 0.15) is 31.9 Å². The van der Waals surface area contributed by atoms with Crippen molar-refractivity contribution in [2.45, 2.75) is 39.9 Å². The van der Waals surface area contributed by atoms with Crippen molar-refractivity contribution in [1.29, 1.82) is 0 Å². The van der Waals surface area contributed by atoms with Gasteiger partial charge < -0.3 is 10.2 Å². The predicted molar refractivity (Wildman–Crippen MR) is 126 cm³/mol. The van der Waals surface area contributed by atoms with Crippen molar-refractivity contribution < 1.29 is 22.4 Å². The van der Waals surface area contributed by atoms with Gasteiger partial charge in [-0.15, -0.1) is 0 Å². The molecule has 2 aromatic rings. The summed E-state index contributed by atoms with van der Waals surface area (Å²) in [6.45, 7) is 5.61. The van der Waals surface area contributed by atoms with E-state index >= 15 is 0 Å². The van der Waals surface area contributed by atoms with E-state index in [0.29, 0.717) is 12.1 Å². The van der Waals surface area contributed by atoms with Crippen molar-refractivity contribution in [2.24, 2.45) is 5.92 Å². The molecule has 33 heavy (non-hydrogen) atoms. The lowest BCUT2D eigenvalue weighted by atomic mass is 10.1. The van der Waals surface area contributed by atoms with Crippen LogP contribution >= 0.6 is 0 Å². The summed E-state index contributed by atoms with van der Waals surface area (Å²) in [7, 11) is -3.70. The standard InChI is InChI=1S/C24H32FN3O4S/c1-18(2)14-26-24(30)19(3)28(16-21-10-12-22(25)13-11-21)23(29)17-27(33(4,31)32)15-20-8-6-5-7-9-20/h5-13,18-19H,14-17H2,1-4H3,(H,26,30)/t19-/m0/s1. The topological polar surface area (TPSA) is 86.8 Å². The Kier molecular flexibility index (Phi) is 9.55. The van der Waals surface area contributed by atoms with E-state index in [1.54, 1.807) is 31.2 Å². The van der Waals surface area contributed by atoms with E-state index in [-0.39, 0.29) is 24.9 Å². The van der Waals surface area contributed by atoms with Crippen LogP contribution in [0.2, 0.25) is 0 Å². The molecule has 180 valence electrons. The average molecular weight is 478 g/mol. The van der Waals surface area contributed by atoms with Gasteiger partial charge in [0.25, 0.3) is 0 Å². The number of benzene rings is 2. The van der Waals surface area contributed by atoms with Gasteiger partial charge in [-0.1, -0.05) is 56.3 Å². The molecule has 1 N–H and O–H groups in total. The molecule has 7 nitrogen and oxygen atoms in total. The molecule has 0 heterocycles. The fraction of sp³-hybridized carbons (Fsp3) is 0.417. The Morgan fingerprint density at radius 3 is 2.06 bits per heavy atom. The number of carbonyl (C=O) groups excluding carboxylic acids is 2. The van der Waals surface area contributed by atoms with Gasteiger partial charge in [0.1, 0.15) is 11.9 Å². The molecular formula is C24H32FN3O4S. The van der Waals surface area contributed by atoms with Gasteiger partial charge in [-0.25, -0.2) is 12.8 Å². The SMILES string of the molecule is CC(C)CNC(=O)[C@H](C)N(Cc1ccc(F)cc1)C(=O)CN(Cc1ccccc1)S(C)(=O)=O. The van der Waals surface area contributed by atoms with Crippen LogP contribution in [0.4, 0.5) is 4.39 Å². The molecule has 0 aromatic heterocycles. The molecular weight excluding hydrogens is 445 g/mol. The highest BCUT2D eigenvalue weighted by molar-refractivity contribution is 7.88. The summed E-state index contributed by atoms with van der Waals surface area (Å²) in [5.74, 6) is -1.04. The molecule has 2 amide bonds. The maximum absolute atomic E-state index is 13.3. The first kappa shape index (κ1) is 26.5. The molecule has 0 spiro atoms. The zero-order chi connectivity index (χ0) is 24.6. The zero-order valence-corrected chi connectivity index (χ0v) is 20.3. The van der Waals surface area contributed by atoms with E-state index in [2.05, 4.69) is 5.32 Å². The highest BCUT2D eigenvalue weighted by Gasteiger charge is 2.29. The van der Waals surface area contributed by atoms with Gasteiger partial charge in [-0.2, -0.15) is 4.31 Å². The Labute approximate surface area is 195 Å². The predicted octanol–water partition coefficient (Wildman–Crippen LogP) is 2.78. The van der Waals surface area contributed by atoms with Crippen LogP contribution in [0.25, 0.3) is 0 Å². The molecule has 2 rings (SSSR count). The number of hydrogen-bond acceptors (Lipinski definition) is 4. The number of halogens is 1. The smallest absolute Gasteiger partial charge is 0.242 e. The molecule has 2 aromatic carbocycles. The molecule has 0 bridgehead atoms. The summed E-state index contributed by atoms with van der Waals surface area (Å²) in [5, 5.41) is 2.81. The molecule has 0 fully saturated rings. The largest absolute Gasteiger partial charge is 0.354 e. The first-order chi connectivity index (χ1) is 15.5. The average Bonchev–Trinajstić information content (AvgIpc) is 2.76. The zero-order valence-electron chi connectivity index (χ0n) is 19.5. The first-order valence-electron chi connectivity index (χ1n) is 10.8. The number of rotatable bonds is 11. The van der Waals surface area contributed by atoms with Crippen LogP contribution in [0, 0.1) is 11.7 Å². The summed E-state index contributed by atoms with van der Waals surface area (Å²) in [5.41, 5.74) is 1.37. The minimum absolute atomic E-state index is 0.0315. The maximum Gasteiger partial charge on any atom is 0.242 e. The van der Waals surface area contributed by atoms with Crippen LogP contribution in [0.3, 0.4) is 0 Å². The lowest BCUT2D eigenvalue weighted by molar-refractivity contribution is -0.140. The number of hydrogen-bond donors (Lipinski definition) is 1. The lowest BCUT2D eigenvalue weighted by Gasteiger charge is -2.31. The van der Waals surface area contributed by atoms with Crippen molar-refractivity contribution in [2.75, 3.05) is 19.3 Å². The van der Waals surface area contributed by atoms with E-state index in [4.69, 9.17) is 0 Å². The van der Waals surface area contributed by atoms with Crippen molar-refractivity contribution in [3.8, 4) is 0 Å². The van der Waals surface area contributed by atoms with E-state index in [1.807, 2.05) is 19.9 Å². The van der Waals surface area contributed by atoms with Gasteiger partial charge in [0.2, 0.25) is 21.8 Å². The van der Waals surface area contributed by atoms with Crippen molar-refractivity contribution in [3.05, 3.63) is 71.5 Å². The Hall–Kier alpha value is -2.78. The molecule has 0 saturated heterocycles. The third-order valence-corrected chi connectivity index (χ3v) is 6.30. The number of nitrogens with zero attached hydrogens (tertiary/aromatic N) is 2. The van der Waals surface area contributed by atoms with Gasteiger partial charge in [-0.3, -0.25) is 9.59 Å². The molecule has 0 aliphatic heterocycles.